The number of aliphatic imine (C=N–C) groups is 1. The normalized spacial score (nSPS) is 22.4. The number of nitrogens with one attached hydrogen (secondary N) is 1. The van der Waals surface area contributed by atoms with Gasteiger partial charge in [0.2, 0.25) is 0 Å². The Balaban J connectivity index is 2.32. The van der Waals surface area contributed by atoms with Crippen molar-refractivity contribution in [3.63, 3.8) is 0 Å². The van der Waals surface area contributed by atoms with E-state index >= 15 is 0 Å². The van der Waals surface area contributed by atoms with E-state index in [1.165, 1.54) is 30.5 Å². The third-order valence-electron chi connectivity index (χ3n) is 1.87. The minimum atomic E-state index is 1.18. The lowest BCUT2D eigenvalue weighted by Gasteiger charge is -2.17. The summed E-state index contributed by atoms with van der Waals surface area (Å²) in [6.45, 7) is 0. The number of rotatable bonds is 0. The summed E-state index contributed by atoms with van der Waals surface area (Å²) in [5.74, 6) is 0. The molecule has 2 aliphatic rings. The lowest BCUT2D eigenvalue weighted by molar-refractivity contribution is 0.778. The third kappa shape index (κ3) is 0.856. The zero-order valence-electron chi connectivity index (χ0n) is 5.80. The van der Waals surface area contributed by atoms with E-state index in [1.54, 1.807) is 6.34 Å². The second kappa shape index (κ2) is 2.29. The van der Waals surface area contributed by atoms with E-state index in [1.807, 2.05) is 6.20 Å². The molecule has 2 heteroatoms. The molecule has 1 heterocycles. The van der Waals surface area contributed by atoms with E-state index in [0.717, 1.165) is 0 Å². The smallest absolute Gasteiger partial charge is 0.0923 e. The van der Waals surface area contributed by atoms with Crippen LogP contribution in [0.2, 0.25) is 0 Å². The molecule has 0 aromatic heterocycles. The summed E-state index contributed by atoms with van der Waals surface area (Å²) in [6, 6.07) is 0. The zero-order valence-corrected chi connectivity index (χ0v) is 5.80. The maximum Gasteiger partial charge on any atom is 0.0923 e. The van der Waals surface area contributed by atoms with Crippen LogP contribution in [0.25, 0.3) is 0 Å². The highest BCUT2D eigenvalue weighted by atomic mass is 15.0. The molecule has 0 fully saturated rings. The van der Waals surface area contributed by atoms with Crippen molar-refractivity contribution in [1.82, 2.24) is 5.32 Å². The summed E-state index contributed by atoms with van der Waals surface area (Å²) in [4.78, 5) is 4.02. The number of hydrogen-bond acceptors (Lipinski definition) is 2. The molecule has 0 saturated heterocycles. The largest absolute Gasteiger partial charge is 0.346 e. The van der Waals surface area contributed by atoms with E-state index in [4.69, 9.17) is 0 Å². The average Bonchev–Trinajstić information content (AvgIpc) is 2.05. The molecule has 0 aromatic rings. The van der Waals surface area contributed by atoms with Crippen LogP contribution in [-0.2, 0) is 0 Å². The van der Waals surface area contributed by atoms with Crippen LogP contribution in [-0.4, -0.2) is 6.34 Å². The van der Waals surface area contributed by atoms with Gasteiger partial charge in [0, 0.05) is 11.9 Å². The Bertz CT molecular complexity index is 223. The molecular formula is C8H10N2. The molecule has 52 valence electrons. The Morgan fingerprint density at radius 3 is 3.40 bits per heavy atom. The number of allylic oxidation sites excluding steroid dienone is 2. The fourth-order valence-electron chi connectivity index (χ4n) is 1.32. The Hall–Kier alpha value is -1.05. The fraction of sp³-hybridized carbons (Fsp3) is 0.375. The fourth-order valence-corrected chi connectivity index (χ4v) is 1.32. The SMILES string of the molecule is C1=NC=C2CCCC=C2N1. The van der Waals surface area contributed by atoms with Crippen LogP contribution in [0.3, 0.4) is 0 Å². The van der Waals surface area contributed by atoms with Gasteiger partial charge in [0.05, 0.1) is 6.34 Å². The van der Waals surface area contributed by atoms with Crippen molar-refractivity contribution in [1.29, 1.82) is 0 Å². The molecule has 2 nitrogen and oxygen atoms in total. The van der Waals surface area contributed by atoms with E-state index < -0.39 is 0 Å². The Morgan fingerprint density at radius 2 is 2.50 bits per heavy atom. The predicted octanol–water partition coefficient (Wildman–Crippen LogP) is 1.57. The van der Waals surface area contributed by atoms with Crippen molar-refractivity contribution in [2.75, 3.05) is 0 Å². The summed E-state index contributed by atoms with van der Waals surface area (Å²) in [5.41, 5.74) is 2.62. The van der Waals surface area contributed by atoms with Crippen LogP contribution in [0.1, 0.15) is 19.3 Å². The number of fused-ring (bicyclic) bond motifs is 1. The summed E-state index contributed by atoms with van der Waals surface area (Å²) < 4.78 is 0. The summed E-state index contributed by atoms with van der Waals surface area (Å²) in [6.07, 6.45) is 9.57. The van der Waals surface area contributed by atoms with E-state index in [2.05, 4.69) is 16.4 Å². The van der Waals surface area contributed by atoms with Gasteiger partial charge in [0.25, 0.3) is 0 Å². The van der Waals surface area contributed by atoms with Gasteiger partial charge in [-0.2, -0.15) is 0 Å². The second-order valence-electron chi connectivity index (χ2n) is 2.59. The van der Waals surface area contributed by atoms with Gasteiger partial charge in [0.15, 0.2) is 0 Å². The summed E-state index contributed by atoms with van der Waals surface area (Å²) in [7, 11) is 0. The van der Waals surface area contributed by atoms with Crippen LogP contribution >= 0.6 is 0 Å². The summed E-state index contributed by atoms with van der Waals surface area (Å²) >= 11 is 0. The highest BCUT2D eigenvalue weighted by Gasteiger charge is 2.09. The number of hydrogen-bond donors (Lipinski definition) is 1. The van der Waals surface area contributed by atoms with Crippen molar-refractivity contribution in [3.05, 3.63) is 23.5 Å². The maximum absolute atomic E-state index is 4.02. The van der Waals surface area contributed by atoms with Crippen molar-refractivity contribution in [3.8, 4) is 0 Å². The quantitative estimate of drug-likeness (QED) is 0.534. The first-order chi connectivity index (χ1) is 4.97. The first-order valence-corrected chi connectivity index (χ1v) is 3.64. The highest BCUT2D eigenvalue weighted by Crippen LogP contribution is 2.22. The van der Waals surface area contributed by atoms with Gasteiger partial charge >= 0.3 is 0 Å². The van der Waals surface area contributed by atoms with Crippen LogP contribution in [0.5, 0.6) is 0 Å². The van der Waals surface area contributed by atoms with Crippen molar-refractivity contribution in [2.45, 2.75) is 19.3 Å². The maximum atomic E-state index is 4.02. The molecule has 0 amide bonds. The first kappa shape index (κ1) is 5.71. The standard InChI is InChI=1S/C8H10N2/c1-2-4-8-7(3-1)5-9-6-10-8/h4-6H,1-3H2,(H,9,10). The predicted molar refractivity (Wildman–Crippen MR) is 41.6 cm³/mol. The minimum Gasteiger partial charge on any atom is -0.346 e. The molecule has 0 spiro atoms. The van der Waals surface area contributed by atoms with Crippen molar-refractivity contribution in [2.24, 2.45) is 4.99 Å². The van der Waals surface area contributed by atoms with E-state index in [-0.39, 0.29) is 0 Å². The lowest BCUT2D eigenvalue weighted by atomic mass is 9.99. The van der Waals surface area contributed by atoms with Gasteiger partial charge in [-0.3, -0.25) is 0 Å². The molecule has 1 aliphatic carbocycles. The van der Waals surface area contributed by atoms with Crippen LogP contribution in [0, 0.1) is 0 Å². The van der Waals surface area contributed by atoms with Gasteiger partial charge in [0.1, 0.15) is 0 Å². The molecule has 1 aliphatic heterocycles. The molecule has 0 aromatic carbocycles. The van der Waals surface area contributed by atoms with Crippen LogP contribution < -0.4 is 5.32 Å². The Labute approximate surface area is 60.3 Å². The Kier molecular flexibility index (Phi) is 1.31. The number of nitrogens with zero attached hydrogens (tertiary/aromatic N) is 1. The van der Waals surface area contributed by atoms with Crippen LogP contribution in [0.4, 0.5) is 0 Å². The van der Waals surface area contributed by atoms with Gasteiger partial charge in [-0.15, -0.1) is 0 Å². The molecule has 1 N–H and O–H groups in total. The molecule has 0 saturated carbocycles. The van der Waals surface area contributed by atoms with Crippen molar-refractivity contribution >= 4 is 6.34 Å². The van der Waals surface area contributed by atoms with Gasteiger partial charge < -0.3 is 5.32 Å². The van der Waals surface area contributed by atoms with Crippen molar-refractivity contribution < 1.29 is 0 Å². The van der Waals surface area contributed by atoms with E-state index in [9.17, 15) is 0 Å². The zero-order chi connectivity index (χ0) is 6.81. The van der Waals surface area contributed by atoms with E-state index in [0.29, 0.717) is 0 Å². The first-order valence-electron chi connectivity index (χ1n) is 3.64. The van der Waals surface area contributed by atoms with Gasteiger partial charge in [-0.05, 0) is 24.8 Å². The minimum absolute atomic E-state index is 1.18. The lowest BCUT2D eigenvalue weighted by Crippen LogP contribution is -2.17. The monoisotopic (exact) mass is 134 g/mol. The molecule has 0 radical (unpaired) electrons. The van der Waals surface area contributed by atoms with Gasteiger partial charge in [-0.25, -0.2) is 4.99 Å². The molecule has 0 unspecified atom stereocenters. The second-order valence-corrected chi connectivity index (χ2v) is 2.59. The summed E-state index contributed by atoms with van der Waals surface area (Å²) in [5, 5.41) is 3.12. The molecule has 2 rings (SSSR count). The highest BCUT2D eigenvalue weighted by molar-refractivity contribution is 5.63. The van der Waals surface area contributed by atoms with Gasteiger partial charge in [-0.1, -0.05) is 6.08 Å². The molecular weight excluding hydrogens is 124 g/mol. The third-order valence-corrected chi connectivity index (χ3v) is 1.87. The molecule has 0 bridgehead atoms. The van der Waals surface area contributed by atoms with Crippen LogP contribution in [0.15, 0.2) is 28.5 Å². The average molecular weight is 134 g/mol. The molecule has 10 heavy (non-hydrogen) atoms. The molecule has 0 atom stereocenters. The Morgan fingerprint density at radius 1 is 1.50 bits per heavy atom. The topological polar surface area (TPSA) is 24.4 Å².